The van der Waals surface area contributed by atoms with Crippen LogP contribution in [0.5, 0.6) is 0 Å². The van der Waals surface area contributed by atoms with Gasteiger partial charge in [-0.25, -0.2) is 0 Å². The topological polar surface area (TPSA) is 69.6 Å². The summed E-state index contributed by atoms with van der Waals surface area (Å²) in [5.41, 5.74) is 0. The van der Waals surface area contributed by atoms with E-state index < -0.39 is 12.1 Å². The summed E-state index contributed by atoms with van der Waals surface area (Å²) in [6.45, 7) is 4.28. The Morgan fingerprint density at radius 3 is 1.11 bits per heavy atom. The maximum absolute atomic E-state index is 12.3. The van der Waals surface area contributed by atoms with E-state index in [1.807, 2.05) is 6.08 Å². The van der Waals surface area contributed by atoms with Crippen LogP contribution in [0.3, 0.4) is 0 Å². The van der Waals surface area contributed by atoms with E-state index in [1.54, 1.807) is 6.08 Å². The van der Waals surface area contributed by atoms with Crippen LogP contribution in [0.15, 0.2) is 36.5 Å². The first-order chi connectivity index (χ1) is 26.7. The lowest BCUT2D eigenvalue weighted by atomic mass is 10.0. The highest BCUT2D eigenvalue weighted by atomic mass is 16.3. The summed E-state index contributed by atoms with van der Waals surface area (Å²) >= 11 is 0. The van der Waals surface area contributed by atoms with Crippen molar-refractivity contribution in [2.75, 3.05) is 6.61 Å². The number of rotatable bonds is 44. The molecule has 0 fully saturated rings. The smallest absolute Gasteiger partial charge is 0.220 e. The van der Waals surface area contributed by atoms with Crippen LogP contribution in [0, 0.1) is 0 Å². The van der Waals surface area contributed by atoms with Gasteiger partial charge >= 0.3 is 0 Å². The van der Waals surface area contributed by atoms with Crippen LogP contribution in [0.25, 0.3) is 0 Å². The Hall–Kier alpha value is -1.39. The molecule has 0 aromatic rings. The third kappa shape index (κ3) is 41.8. The van der Waals surface area contributed by atoms with Crippen molar-refractivity contribution in [3.05, 3.63) is 36.5 Å². The average molecular weight is 758 g/mol. The maximum Gasteiger partial charge on any atom is 0.220 e. The second kappa shape index (κ2) is 46.0. The molecule has 0 aliphatic carbocycles. The lowest BCUT2D eigenvalue weighted by molar-refractivity contribution is -0.123. The van der Waals surface area contributed by atoms with Crippen LogP contribution in [0.2, 0.25) is 0 Å². The molecule has 4 nitrogen and oxygen atoms in total. The molecule has 0 rings (SSSR count). The summed E-state index contributed by atoms with van der Waals surface area (Å²) in [7, 11) is 0. The van der Waals surface area contributed by atoms with Crippen molar-refractivity contribution in [3.8, 4) is 0 Å². The van der Waals surface area contributed by atoms with Crippen molar-refractivity contribution in [2.24, 2.45) is 0 Å². The number of carbonyl (C=O) groups excluding carboxylic acids is 1. The zero-order valence-electron chi connectivity index (χ0n) is 36.5. The average Bonchev–Trinajstić information content (AvgIpc) is 3.18. The highest BCUT2D eigenvalue weighted by molar-refractivity contribution is 5.76. The number of aliphatic hydroxyl groups is 2. The SMILES string of the molecule is CCCCC/C=C\CCCCCCCC(=O)NC(CO)C(O)/C=C/CC/C=C/CCCCCCCCCCCCCCCCCCCCCCCCCC. The number of nitrogens with one attached hydrogen (secondary N) is 1. The maximum atomic E-state index is 12.3. The minimum Gasteiger partial charge on any atom is -0.394 e. The second-order valence-corrected chi connectivity index (χ2v) is 16.5. The van der Waals surface area contributed by atoms with Crippen LogP contribution < -0.4 is 5.32 Å². The van der Waals surface area contributed by atoms with Crippen LogP contribution in [0.1, 0.15) is 258 Å². The molecule has 2 atom stereocenters. The zero-order chi connectivity index (χ0) is 39.3. The van der Waals surface area contributed by atoms with Crippen molar-refractivity contribution in [2.45, 2.75) is 270 Å². The zero-order valence-corrected chi connectivity index (χ0v) is 36.5. The van der Waals surface area contributed by atoms with E-state index in [1.165, 1.54) is 193 Å². The quantitative estimate of drug-likeness (QED) is 0.0428. The van der Waals surface area contributed by atoms with E-state index >= 15 is 0 Å². The molecule has 318 valence electrons. The van der Waals surface area contributed by atoms with Gasteiger partial charge in [0.2, 0.25) is 5.91 Å². The van der Waals surface area contributed by atoms with Gasteiger partial charge in [-0.2, -0.15) is 0 Å². The van der Waals surface area contributed by atoms with Crippen molar-refractivity contribution in [1.29, 1.82) is 0 Å². The molecule has 0 aromatic carbocycles. The first kappa shape index (κ1) is 52.6. The molecule has 0 radical (unpaired) electrons. The number of aliphatic hydroxyl groups excluding tert-OH is 2. The highest BCUT2D eigenvalue weighted by Crippen LogP contribution is 2.16. The lowest BCUT2D eigenvalue weighted by Crippen LogP contribution is -2.45. The Kier molecular flexibility index (Phi) is 44.8. The molecular formula is C50H95NO3. The molecule has 3 N–H and O–H groups in total. The Bertz CT molecular complexity index is 821. The molecule has 0 spiro atoms. The van der Waals surface area contributed by atoms with E-state index in [2.05, 4.69) is 43.5 Å². The fourth-order valence-corrected chi connectivity index (χ4v) is 7.37. The summed E-state index contributed by atoms with van der Waals surface area (Å²) in [4.78, 5) is 12.3. The van der Waals surface area contributed by atoms with Crippen molar-refractivity contribution < 1.29 is 15.0 Å². The molecule has 0 saturated carbocycles. The molecule has 0 bridgehead atoms. The van der Waals surface area contributed by atoms with E-state index in [9.17, 15) is 15.0 Å². The minimum atomic E-state index is -0.864. The van der Waals surface area contributed by atoms with Crippen LogP contribution >= 0.6 is 0 Å². The van der Waals surface area contributed by atoms with Crippen LogP contribution in [-0.2, 0) is 4.79 Å². The molecule has 0 saturated heterocycles. The first-order valence-corrected chi connectivity index (χ1v) is 24.2. The molecule has 1 amide bonds. The monoisotopic (exact) mass is 758 g/mol. The van der Waals surface area contributed by atoms with E-state index in [-0.39, 0.29) is 12.5 Å². The fourth-order valence-electron chi connectivity index (χ4n) is 7.37. The summed E-state index contributed by atoms with van der Waals surface area (Å²) < 4.78 is 0. The van der Waals surface area contributed by atoms with Gasteiger partial charge in [-0.15, -0.1) is 0 Å². The number of unbranched alkanes of at least 4 members (excludes halogenated alkanes) is 33. The molecular weight excluding hydrogens is 663 g/mol. The molecule has 0 aliphatic rings. The number of amides is 1. The lowest BCUT2D eigenvalue weighted by Gasteiger charge is -2.19. The van der Waals surface area contributed by atoms with Gasteiger partial charge in [0.1, 0.15) is 0 Å². The van der Waals surface area contributed by atoms with Crippen molar-refractivity contribution in [3.63, 3.8) is 0 Å². The third-order valence-corrected chi connectivity index (χ3v) is 11.1. The van der Waals surface area contributed by atoms with Gasteiger partial charge < -0.3 is 15.5 Å². The largest absolute Gasteiger partial charge is 0.394 e. The van der Waals surface area contributed by atoms with Gasteiger partial charge in [0.25, 0.3) is 0 Å². The van der Waals surface area contributed by atoms with E-state index in [0.29, 0.717) is 6.42 Å². The number of allylic oxidation sites excluding steroid dienone is 5. The standard InChI is InChI=1S/C50H95NO3/c1-3-5-7-9-11-13-15-17-18-19-20-21-22-23-24-25-26-27-28-29-30-31-32-33-34-35-37-39-41-43-45-49(53)48(47-52)51-50(54)46-44-42-40-38-36-16-14-12-10-8-6-4-2/h12,14,35,37,43,45,48-49,52-53H,3-11,13,15-34,36,38-42,44,46-47H2,1-2H3,(H,51,54)/b14-12-,37-35+,45-43+. The summed E-state index contributed by atoms with van der Waals surface area (Å²) in [6.07, 6.45) is 61.5. The molecule has 54 heavy (non-hydrogen) atoms. The van der Waals surface area contributed by atoms with E-state index in [4.69, 9.17) is 0 Å². The van der Waals surface area contributed by atoms with Crippen LogP contribution in [0.4, 0.5) is 0 Å². The van der Waals surface area contributed by atoms with E-state index in [0.717, 1.165) is 44.9 Å². The Labute approximate surface area is 338 Å². The second-order valence-electron chi connectivity index (χ2n) is 16.5. The minimum absolute atomic E-state index is 0.0832. The summed E-state index contributed by atoms with van der Waals surface area (Å²) in [6, 6.07) is -0.642. The molecule has 2 unspecified atom stereocenters. The number of hydrogen-bond acceptors (Lipinski definition) is 3. The van der Waals surface area contributed by atoms with Gasteiger partial charge in [-0.05, 0) is 57.8 Å². The summed E-state index contributed by atoms with van der Waals surface area (Å²) in [5.74, 6) is -0.0832. The molecule has 0 heterocycles. The fraction of sp³-hybridized carbons (Fsp3) is 0.860. The number of carbonyl (C=O) groups is 1. The van der Waals surface area contributed by atoms with Crippen LogP contribution in [-0.4, -0.2) is 34.9 Å². The van der Waals surface area contributed by atoms with Gasteiger partial charge in [0.05, 0.1) is 18.8 Å². The predicted octanol–water partition coefficient (Wildman–Crippen LogP) is 15.4. The van der Waals surface area contributed by atoms with Gasteiger partial charge in [-0.1, -0.05) is 230 Å². The molecule has 4 heteroatoms. The predicted molar refractivity (Wildman–Crippen MR) is 239 cm³/mol. The van der Waals surface area contributed by atoms with Crippen molar-refractivity contribution in [1.82, 2.24) is 5.32 Å². The highest BCUT2D eigenvalue weighted by Gasteiger charge is 2.17. The van der Waals surface area contributed by atoms with Gasteiger partial charge in [-0.3, -0.25) is 4.79 Å². The third-order valence-electron chi connectivity index (χ3n) is 11.1. The Morgan fingerprint density at radius 2 is 0.722 bits per heavy atom. The van der Waals surface area contributed by atoms with Gasteiger partial charge in [0.15, 0.2) is 0 Å². The van der Waals surface area contributed by atoms with Gasteiger partial charge in [0, 0.05) is 6.42 Å². The number of hydrogen-bond donors (Lipinski definition) is 3. The summed E-state index contributed by atoms with van der Waals surface area (Å²) in [5, 5.41) is 23.0. The molecule has 0 aliphatic heterocycles. The molecule has 0 aromatic heterocycles. The normalized spacial score (nSPS) is 13.2. The Balaban J connectivity index is 3.50. The van der Waals surface area contributed by atoms with Crippen molar-refractivity contribution >= 4 is 5.91 Å². The Morgan fingerprint density at radius 1 is 0.426 bits per heavy atom. The first-order valence-electron chi connectivity index (χ1n) is 24.2.